The molecule has 0 amide bonds. The molecule has 0 unspecified atom stereocenters. The van der Waals surface area contributed by atoms with E-state index in [-0.39, 0.29) is 0 Å². The quantitative estimate of drug-likeness (QED) is 0.572. The second-order valence-electron chi connectivity index (χ2n) is 5.56. The summed E-state index contributed by atoms with van der Waals surface area (Å²) in [6.07, 6.45) is 6.35. The van der Waals surface area contributed by atoms with Crippen LogP contribution in [0.3, 0.4) is 0 Å². The Balaban J connectivity index is 2.79. The van der Waals surface area contributed by atoms with Gasteiger partial charge in [-0.3, -0.25) is 0 Å². The molecular weight excluding hydrogens is 254 g/mol. The first kappa shape index (κ1) is 16.9. The fraction of sp³-hybridized carbons (Fsp3) is 0.300. The highest BCUT2D eigenvalue weighted by molar-refractivity contribution is 5.43. The summed E-state index contributed by atoms with van der Waals surface area (Å²) in [5, 5.41) is 0. The summed E-state index contributed by atoms with van der Waals surface area (Å²) >= 11 is 0. The van der Waals surface area contributed by atoms with Crippen LogP contribution < -0.4 is 0 Å². The molecule has 21 heavy (non-hydrogen) atoms. The maximum atomic E-state index is 3.20. The predicted molar refractivity (Wildman–Crippen MR) is 93.0 cm³/mol. The summed E-state index contributed by atoms with van der Waals surface area (Å²) in [4.78, 5) is 2.09. The van der Waals surface area contributed by atoms with E-state index in [1.165, 1.54) is 16.8 Å². The Morgan fingerprint density at radius 3 is 2.19 bits per heavy atom. The first-order chi connectivity index (χ1) is 9.88. The lowest BCUT2D eigenvalue weighted by atomic mass is 10.1. The largest absolute Gasteiger partial charge is 0.381 e. The van der Waals surface area contributed by atoms with E-state index in [0.29, 0.717) is 0 Å². The summed E-state index contributed by atoms with van der Waals surface area (Å²) in [5.41, 5.74) is 5.81. The van der Waals surface area contributed by atoms with Crippen LogP contribution in [0.2, 0.25) is 0 Å². The molecule has 0 aromatic heterocycles. The first-order valence-electron chi connectivity index (χ1n) is 7.18. The molecule has 0 N–H and O–H groups in total. The summed E-state index contributed by atoms with van der Waals surface area (Å²) in [6, 6.07) is 8.29. The minimum atomic E-state index is 1.05. The second-order valence-corrected chi connectivity index (χ2v) is 5.56. The molecule has 0 spiro atoms. The molecule has 0 aliphatic heterocycles. The summed E-state index contributed by atoms with van der Waals surface area (Å²) < 4.78 is 0. The Labute approximate surface area is 129 Å². The lowest BCUT2D eigenvalue weighted by Crippen LogP contribution is -2.07. The predicted octanol–water partition coefficient (Wildman–Crippen LogP) is 4.70. The van der Waals surface area contributed by atoms with Crippen LogP contribution >= 0.6 is 0 Å². The van der Waals surface area contributed by atoms with Crippen molar-refractivity contribution < 1.29 is 0 Å². The van der Waals surface area contributed by atoms with Crippen molar-refractivity contribution in [2.24, 2.45) is 0 Å². The van der Waals surface area contributed by atoms with Gasteiger partial charge in [-0.05, 0) is 57.6 Å². The van der Waals surface area contributed by atoms with E-state index in [2.05, 4.69) is 80.0 Å². The Morgan fingerprint density at radius 1 is 1.00 bits per heavy atom. The van der Waals surface area contributed by atoms with Gasteiger partial charge in [-0.15, -0.1) is 0 Å². The highest BCUT2D eigenvalue weighted by Crippen LogP contribution is 2.05. The highest BCUT2D eigenvalue weighted by Gasteiger charge is 1.90. The van der Waals surface area contributed by atoms with E-state index in [4.69, 9.17) is 0 Å². The molecule has 0 aliphatic rings. The molecular formula is C20H25N. The molecule has 0 saturated carbocycles. The normalized spacial score (nSPS) is 12.8. The van der Waals surface area contributed by atoms with Crippen LogP contribution in [0.15, 0.2) is 59.3 Å². The van der Waals surface area contributed by atoms with Crippen LogP contribution in [-0.2, 0) is 0 Å². The van der Waals surface area contributed by atoms with Gasteiger partial charge in [0.2, 0.25) is 0 Å². The third-order valence-corrected chi connectivity index (χ3v) is 3.19. The van der Waals surface area contributed by atoms with Gasteiger partial charge in [0.25, 0.3) is 0 Å². The van der Waals surface area contributed by atoms with Gasteiger partial charge in [0.1, 0.15) is 0 Å². The molecule has 0 heterocycles. The molecule has 0 aliphatic carbocycles. The maximum absolute atomic E-state index is 3.20. The first-order valence-corrected chi connectivity index (χ1v) is 7.18. The SMILES string of the molecule is C/C(=C/C=C(C)/C=C(\C)C#Cc1ccc(C)cc1)N(C)C. The third-order valence-electron chi connectivity index (χ3n) is 3.19. The average Bonchev–Trinajstić information content (AvgIpc) is 2.44. The van der Waals surface area contributed by atoms with Gasteiger partial charge in [-0.25, -0.2) is 0 Å². The van der Waals surface area contributed by atoms with Crippen LogP contribution in [-0.4, -0.2) is 19.0 Å². The van der Waals surface area contributed by atoms with E-state index in [1.807, 2.05) is 21.0 Å². The highest BCUT2D eigenvalue weighted by atomic mass is 15.1. The van der Waals surface area contributed by atoms with Crippen molar-refractivity contribution in [1.82, 2.24) is 4.90 Å². The summed E-state index contributed by atoms with van der Waals surface area (Å²) in [6.45, 7) is 8.31. The fourth-order valence-corrected chi connectivity index (χ4v) is 1.63. The standard InChI is InChI=1S/C20H25N/c1-16-8-12-20(13-9-16)14-10-18(3)15-17(2)7-11-19(4)21(5)6/h7-9,11-13,15H,1-6H3/b17-7+,18-15+,19-11-. The van der Waals surface area contributed by atoms with Gasteiger partial charge in [0.05, 0.1) is 0 Å². The van der Waals surface area contributed by atoms with E-state index < -0.39 is 0 Å². The molecule has 1 nitrogen and oxygen atoms in total. The zero-order chi connectivity index (χ0) is 15.8. The van der Waals surface area contributed by atoms with E-state index in [9.17, 15) is 0 Å². The number of hydrogen-bond donors (Lipinski definition) is 0. The number of benzene rings is 1. The Bertz CT molecular complexity index is 614. The van der Waals surface area contributed by atoms with Crippen LogP contribution in [0.5, 0.6) is 0 Å². The van der Waals surface area contributed by atoms with Crippen molar-refractivity contribution in [3.63, 3.8) is 0 Å². The molecule has 1 aromatic carbocycles. The lowest BCUT2D eigenvalue weighted by Gasteiger charge is -2.11. The number of allylic oxidation sites excluding steroid dienone is 6. The van der Waals surface area contributed by atoms with Crippen molar-refractivity contribution in [3.05, 3.63) is 70.5 Å². The number of aryl methyl sites for hydroxylation is 1. The van der Waals surface area contributed by atoms with E-state index >= 15 is 0 Å². The summed E-state index contributed by atoms with van der Waals surface area (Å²) in [7, 11) is 4.09. The number of nitrogens with zero attached hydrogens (tertiary/aromatic N) is 1. The van der Waals surface area contributed by atoms with Crippen molar-refractivity contribution >= 4 is 0 Å². The smallest absolute Gasteiger partial charge is 0.0249 e. The third kappa shape index (κ3) is 6.68. The lowest BCUT2D eigenvalue weighted by molar-refractivity contribution is 0.514. The molecule has 0 radical (unpaired) electrons. The van der Waals surface area contributed by atoms with Crippen molar-refractivity contribution in [2.75, 3.05) is 14.1 Å². The Kier molecular flexibility index (Phi) is 6.56. The van der Waals surface area contributed by atoms with Crippen LogP contribution in [0.1, 0.15) is 31.9 Å². The molecule has 0 atom stereocenters. The molecule has 0 saturated heterocycles. The van der Waals surface area contributed by atoms with Gasteiger partial charge >= 0.3 is 0 Å². The number of hydrogen-bond acceptors (Lipinski definition) is 1. The van der Waals surface area contributed by atoms with Gasteiger partial charge in [0.15, 0.2) is 0 Å². The second kappa shape index (κ2) is 8.17. The van der Waals surface area contributed by atoms with Gasteiger partial charge in [-0.2, -0.15) is 0 Å². The van der Waals surface area contributed by atoms with E-state index in [1.54, 1.807) is 0 Å². The Morgan fingerprint density at radius 2 is 1.62 bits per heavy atom. The zero-order valence-electron chi connectivity index (χ0n) is 14.0. The minimum Gasteiger partial charge on any atom is -0.381 e. The fourth-order valence-electron chi connectivity index (χ4n) is 1.63. The van der Waals surface area contributed by atoms with Crippen LogP contribution in [0.4, 0.5) is 0 Å². The zero-order valence-corrected chi connectivity index (χ0v) is 14.0. The average molecular weight is 279 g/mol. The molecule has 0 bridgehead atoms. The van der Waals surface area contributed by atoms with Gasteiger partial charge in [0, 0.05) is 25.4 Å². The number of rotatable bonds is 3. The summed E-state index contributed by atoms with van der Waals surface area (Å²) in [5.74, 6) is 6.39. The van der Waals surface area contributed by atoms with Gasteiger partial charge in [-0.1, -0.05) is 41.2 Å². The molecule has 1 heteroatoms. The Hall–Kier alpha value is -2.20. The van der Waals surface area contributed by atoms with E-state index in [0.717, 1.165) is 11.1 Å². The van der Waals surface area contributed by atoms with Gasteiger partial charge < -0.3 is 4.90 Å². The van der Waals surface area contributed by atoms with Crippen molar-refractivity contribution in [2.45, 2.75) is 27.7 Å². The van der Waals surface area contributed by atoms with Crippen molar-refractivity contribution in [3.8, 4) is 11.8 Å². The van der Waals surface area contributed by atoms with Crippen LogP contribution in [0.25, 0.3) is 0 Å². The van der Waals surface area contributed by atoms with Crippen LogP contribution in [0, 0.1) is 18.8 Å². The molecule has 1 rings (SSSR count). The topological polar surface area (TPSA) is 3.24 Å². The maximum Gasteiger partial charge on any atom is 0.0249 e. The minimum absolute atomic E-state index is 1.05. The van der Waals surface area contributed by atoms with Crippen molar-refractivity contribution in [1.29, 1.82) is 0 Å². The monoisotopic (exact) mass is 279 g/mol. The molecule has 0 fully saturated rings. The molecule has 110 valence electrons. The molecule has 1 aromatic rings.